The number of likely N-dealkylation sites (N-methyl/N-ethyl adjacent to an activating group) is 2. The van der Waals surface area contributed by atoms with E-state index in [2.05, 4.69) is 42.9 Å². The van der Waals surface area contributed by atoms with Crippen molar-refractivity contribution in [2.45, 2.75) is 38.8 Å². The third-order valence-corrected chi connectivity index (χ3v) is 8.13. The molecular formula is C29H39I2N5O2. The van der Waals surface area contributed by atoms with Crippen LogP contribution in [0.1, 0.15) is 36.8 Å². The lowest BCUT2D eigenvalue weighted by Crippen LogP contribution is -3.00. The Morgan fingerprint density at radius 1 is 0.711 bits per heavy atom. The number of rotatable bonds is 8. The molecule has 0 radical (unpaired) electrons. The molecule has 3 aromatic rings. The normalized spacial score (nSPS) is 17.5. The first-order valence-corrected chi connectivity index (χ1v) is 13.3. The van der Waals surface area contributed by atoms with Crippen molar-refractivity contribution < 1.29 is 66.5 Å². The van der Waals surface area contributed by atoms with E-state index in [1.807, 2.05) is 24.3 Å². The molecule has 0 atom stereocenters. The number of hydrogen-bond donors (Lipinski definition) is 2. The van der Waals surface area contributed by atoms with Gasteiger partial charge >= 0.3 is 0 Å². The number of carbonyl (C=O) groups excluding carboxylic acids is 2. The van der Waals surface area contributed by atoms with Crippen LogP contribution in [0.15, 0.2) is 42.5 Å². The van der Waals surface area contributed by atoms with Gasteiger partial charge in [0, 0.05) is 49.5 Å². The SMILES string of the molecule is C[N+]1(CC(=O)NCc2cccc3cc4cccc(CNC(=O)C[N+]5(C)CCCC5)c4nc23)CCCC1.[I-].[I-]. The van der Waals surface area contributed by atoms with Gasteiger partial charge in [-0.15, -0.1) is 0 Å². The van der Waals surface area contributed by atoms with E-state index in [-0.39, 0.29) is 59.8 Å². The molecule has 206 valence electrons. The standard InChI is InChI=1S/C29H37N5O2.2HI/c1-33(13-3-4-14-33)20-26(35)30-18-24-11-7-9-22-17-23-10-8-12-25(29(23)32-28(22)24)19-31-27(36)21-34(2)15-5-6-16-34;;/h7-12,17H,3-6,13-16,18-21H2,1-2H3;2*1H. The van der Waals surface area contributed by atoms with E-state index < -0.39 is 0 Å². The summed E-state index contributed by atoms with van der Waals surface area (Å²) in [7, 11) is 4.34. The Morgan fingerprint density at radius 3 is 1.50 bits per heavy atom. The summed E-state index contributed by atoms with van der Waals surface area (Å²) in [5.41, 5.74) is 3.83. The molecule has 2 amide bonds. The predicted molar refractivity (Wildman–Crippen MR) is 143 cm³/mol. The van der Waals surface area contributed by atoms with Crippen LogP contribution < -0.4 is 58.6 Å². The van der Waals surface area contributed by atoms with Crippen LogP contribution in [0.5, 0.6) is 0 Å². The second-order valence-electron chi connectivity index (χ2n) is 11.4. The quantitative estimate of drug-likeness (QED) is 0.148. The van der Waals surface area contributed by atoms with Gasteiger partial charge in [-0.05, 0) is 17.2 Å². The highest BCUT2D eigenvalue weighted by Gasteiger charge is 2.30. The first-order chi connectivity index (χ1) is 17.3. The molecule has 5 rings (SSSR count). The number of hydrogen-bond acceptors (Lipinski definition) is 3. The number of nitrogens with one attached hydrogen (secondary N) is 2. The van der Waals surface area contributed by atoms with E-state index in [9.17, 15) is 9.59 Å². The van der Waals surface area contributed by atoms with Crippen LogP contribution in [-0.2, 0) is 22.7 Å². The topological polar surface area (TPSA) is 71.1 Å². The lowest BCUT2D eigenvalue weighted by Gasteiger charge is -2.28. The molecule has 1 aromatic heterocycles. The fraction of sp³-hybridized carbons (Fsp3) is 0.483. The van der Waals surface area contributed by atoms with Gasteiger partial charge in [-0.3, -0.25) is 9.59 Å². The van der Waals surface area contributed by atoms with Crippen molar-refractivity contribution in [3.05, 3.63) is 53.6 Å². The maximum absolute atomic E-state index is 12.7. The Hall–Kier alpha value is -1.57. The van der Waals surface area contributed by atoms with Crippen LogP contribution >= 0.6 is 0 Å². The third kappa shape index (κ3) is 7.33. The van der Waals surface area contributed by atoms with Crippen LogP contribution in [0.2, 0.25) is 0 Å². The lowest BCUT2D eigenvalue weighted by molar-refractivity contribution is -0.889. The van der Waals surface area contributed by atoms with Crippen LogP contribution in [0.4, 0.5) is 0 Å². The molecule has 9 heteroatoms. The van der Waals surface area contributed by atoms with Crippen LogP contribution in [0.25, 0.3) is 21.8 Å². The number of halogens is 2. The van der Waals surface area contributed by atoms with Crippen molar-refractivity contribution in [1.29, 1.82) is 0 Å². The summed E-state index contributed by atoms with van der Waals surface area (Å²) in [6.07, 6.45) is 4.80. The van der Waals surface area contributed by atoms with Crippen molar-refractivity contribution in [2.75, 3.05) is 53.4 Å². The van der Waals surface area contributed by atoms with Crippen molar-refractivity contribution in [1.82, 2.24) is 15.6 Å². The molecule has 0 spiro atoms. The average molecular weight is 743 g/mol. The molecular weight excluding hydrogens is 704 g/mol. The van der Waals surface area contributed by atoms with E-state index in [1.54, 1.807) is 0 Å². The Kier molecular flexibility index (Phi) is 10.7. The van der Waals surface area contributed by atoms with Gasteiger partial charge in [0.1, 0.15) is 0 Å². The summed E-state index contributed by atoms with van der Waals surface area (Å²) < 4.78 is 1.66. The van der Waals surface area contributed by atoms with Gasteiger partial charge in [-0.1, -0.05) is 36.4 Å². The van der Waals surface area contributed by atoms with E-state index in [4.69, 9.17) is 4.98 Å². The Bertz CT molecular complexity index is 1190. The molecule has 2 aliphatic rings. The second kappa shape index (κ2) is 13.2. The van der Waals surface area contributed by atoms with Crippen LogP contribution in [0, 0.1) is 0 Å². The number of carbonyl (C=O) groups is 2. The monoisotopic (exact) mass is 743 g/mol. The number of para-hydroxylation sites is 2. The maximum Gasteiger partial charge on any atom is 0.275 e. The molecule has 2 N–H and O–H groups in total. The van der Waals surface area contributed by atoms with Gasteiger partial charge in [0.2, 0.25) is 0 Å². The lowest BCUT2D eigenvalue weighted by atomic mass is 10.0. The highest BCUT2D eigenvalue weighted by atomic mass is 127. The summed E-state index contributed by atoms with van der Waals surface area (Å²) in [6.45, 7) is 6.29. The number of nitrogens with zero attached hydrogens (tertiary/aromatic N) is 3. The van der Waals surface area contributed by atoms with Gasteiger partial charge in [0.25, 0.3) is 11.8 Å². The third-order valence-electron chi connectivity index (χ3n) is 8.13. The number of amides is 2. The second-order valence-corrected chi connectivity index (χ2v) is 11.4. The molecule has 3 heterocycles. The highest BCUT2D eigenvalue weighted by Crippen LogP contribution is 2.25. The van der Waals surface area contributed by atoms with Crippen LogP contribution in [0.3, 0.4) is 0 Å². The number of pyridine rings is 1. The summed E-state index contributed by atoms with van der Waals surface area (Å²) in [4.78, 5) is 30.4. The van der Waals surface area contributed by atoms with E-state index in [0.717, 1.165) is 68.1 Å². The van der Waals surface area contributed by atoms with Gasteiger partial charge < -0.3 is 67.6 Å². The van der Waals surface area contributed by atoms with E-state index in [1.165, 1.54) is 25.7 Å². The van der Waals surface area contributed by atoms with Gasteiger partial charge in [-0.2, -0.15) is 0 Å². The summed E-state index contributed by atoms with van der Waals surface area (Å²) >= 11 is 0. The molecule has 2 aliphatic heterocycles. The molecule has 0 saturated carbocycles. The first kappa shape index (κ1) is 31.0. The van der Waals surface area contributed by atoms with Crippen molar-refractivity contribution in [2.24, 2.45) is 0 Å². The number of fused-ring (bicyclic) bond motifs is 2. The van der Waals surface area contributed by atoms with Crippen molar-refractivity contribution in [3.63, 3.8) is 0 Å². The number of benzene rings is 2. The van der Waals surface area contributed by atoms with Gasteiger partial charge in [0.05, 0.1) is 51.3 Å². The zero-order valence-corrected chi connectivity index (χ0v) is 26.8. The fourth-order valence-corrected chi connectivity index (χ4v) is 6.00. The van der Waals surface area contributed by atoms with E-state index >= 15 is 0 Å². The van der Waals surface area contributed by atoms with Crippen molar-refractivity contribution in [3.8, 4) is 0 Å². The Balaban J connectivity index is 0.00000200. The Morgan fingerprint density at radius 2 is 1.11 bits per heavy atom. The average Bonchev–Trinajstić information content (AvgIpc) is 3.48. The highest BCUT2D eigenvalue weighted by molar-refractivity contribution is 5.95. The molecule has 2 saturated heterocycles. The zero-order valence-electron chi connectivity index (χ0n) is 22.4. The van der Waals surface area contributed by atoms with Gasteiger partial charge in [-0.25, -0.2) is 4.98 Å². The summed E-state index contributed by atoms with van der Waals surface area (Å²) in [5, 5.41) is 8.37. The summed E-state index contributed by atoms with van der Waals surface area (Å²) in [6, 6.07) is 14.4. The molecule has 7 nitrogen and oxygen atoms in total. The largest absolute Gasteiger partial charge is 1.00 e. The minimum absolute atomic E-state index is 0. The predicted octanol–water partition coefficient (Wildman–Crippen LogP) is -2.89. The first-order valence-electron chi connectivity index (χ1n) is 13.3. The molecule has 0 aliphatic carbocycles. The number of aromatic nitrogens is 1. The van der Waals surface area contributed by atoms with E-state index in [0.29, 0.717) is 26.2 Å². The molecule has 2 aromatic carbocycles. The van der Waals surface area contributed by atoms with Crippen molar-refractivity contribution >= 4 is 33.6 Å². The Labute approximate surface area is 259 Å². The smallest absolute Gasteiger partial charge is 0.275 e. The molecule has 0 bridgehead atoms. The van der Waals surface area contributed by atoms with Crippen LogP contribution in [-0.4, -0.2) is 79.1 Å². The molecule has 0 unspecified atom stereocenters. The maximum atomic E-state index is 12.7. The number of likely N-dealkylation sites (tertiary alicyclic amines) is 2. The minimum Gasteiger partial charge on any atom is -1.00 e. The summed E-state index contributed by atoms with van der Waals surface area (Å²) in [5.74, 6) is 0.185. The minimum atomic E-state index is 0. The fourth-order valence-electron chi connectivity index (χ4n) is 6.00. The molecule has 2 fully saturated rings. The number of quaternary nitrogens is 2. The van der Waals surface area contributed by atoms with Gasteiger partial charge in [0.15, 0.2) is 13.1 Å². The molecule has 38 heavy (non-hydrogen) atoms. The zero-order chi connectivity index (χ0) is 25.2.